The van der Waals surface area contributed by atoms with E-state index in [1.165, 1.54) is 0 Å². The monoisotopic (exact) mass is 413 g/mol. The van der Waals surface area contributed by atoms with Crippen molar-refractivity contribution in [2.45, 2.75) is 0 Å². The summed E-state index contributed by atoms with van der Waals surface area (Å²) in [5.41, 5.74) is 3.68. The Bertz CT molecular complexity index is 1820. The molecule has 150 valence electrons. The number of rotatable bonds is 2. The van der Waals surface area contributed by atoms with Gasteiger partial charge in [0.05, 0.1) is 23.4 Å². The summed E-state index contributed by atoms with van der Waals surface area (Å²) >= 11 is 0. The molecule has 3 aromatic carbocycles. The molecule has 7 aromatic rings. The summed E-state index contributed by atoms with van der Waals surface area (Å²) in [7, 11) is 0. The van der Waals surface area contributed by atoms with E-state index in [2.05, 4.69) is 42.7 Å². The molecule has 7 rings (SSSR count). The molecule has 0 aliphatic heterocycles. The molecule has 0 spiro atoms. The van der Waals surface area contributed by atoms with Crippen LogP contribution in [0.1, 0.15) is 1.37 Å². The molecule has 0 aliphatic rings. The van der Waals surface area contributed by atoms with Gasteiger partial charge in [0.25, 0.3) is 0 Å². The molecule has 0 N–H and O–H groups in total. The Morgan fingerprint density at radius 3 is 1.78 bits per heavy atom. The van der Waals surface area contributed by atoms with Crippen molar-refractivity contribution in [2.75, 3.05) is 0 Å². The van der Waals surface area contributed by atoms with Crippen molar-refractivity contribution in [1.82, 2.24) is 29.1 Å². The highest BCUT2D eigenvalue weighted by atomic mass is 15.2. The number of para-hydroxylation sites is 2. The third-order valence-corrected chi connectivity index (χ3v) is 5.88. The van der Waals surface area contributed by atoms with Crippen LogP contribution in [0.5, 0.6) is 0 Å². The van der Waals surface area contributed by atoms with E-state index >= 15 is 0 Å². The van der Waals surface area contributed by atoms with Gasteiger partial charge in [0.2, 0.25) is 11.9 Å². The molecule has 0 radical (unpaired) electrons. The Labute approximate surface area is 183 Å². The fourth-order valence-electron chi connectivity index (χ4n) is 4.64. The van der Waals surface area contributed by atoms with E-state index in [9.17, 15) is 0 Å². The van der Waals surface area contributed by atoms with Crippen molar-refractivity contribution in [2.24, 2.45) is 0 Å². The van der Waals surface area contributed by atoms with Gasteiger partial charge in [-0.15, -0.1) is 0 Å². The maximum atomic E-state index is 9.04. The summed E-state index contributed by atoms with van der Waals surface area (Å²) in [5.74, 6) is 1.13. The number of fused-ring (bicyclic) bond motifs is 7. The number of nitrogens with zero attached hydrogens (tertiary/aromatic N) is 6. The van der Waals surface area contributed by atoms with Crippen LogP contribution >= 0.6 is 0 Å². The summed E-state index contributed by atoms with van der Waals surface area (Å²) in [4.78, 5) is 18.1. The zero-order valence-corrected chi connectivity index (χ0v) is 16.8. The summed E-state index contributed by atoms with van der Waals surface area (Å²) in [5, 5.41) is 4.04. The predicted molar refractivity (Wildman–Crippen MR) is 126 cm³/mol. The van der Waals surface area contributed by atoms with E-state index in [1.807, 2.05) is 47.0 Å². The van der Waals surface area contributed by atoms with Gasteiger partial charge < -0.3 is 0 Å². The lowest BCUT2D eigenvalue weighted by Crippen LogP contribution is -2.01. The highest BCUT2D eigenvalue weighted by Gasteiger charge is 2.21. The summed E-state index contributed by atoms with van der Waals surface area (Å²) in [6.45, 7) is 0. The molecule has 4 aromatic heterocycles. The van der Waals surface area contributed by atoms with Gasteiger partial charge >= 0.3 is 0 Å². The highest BCUT2D eigenvalue weighted by Crippen LogP contribution is 2.40. The van der Waals surface area contributed by atoms with E-state index in [0.29, 0.717) is 17.9 Å². The topological polar surface area (TPSA) is 61.4 Å². The number of aromatic nitrogens is 6. The maximum absolute atomic E-state index is 9.04. The van der Waals surface area contributed by atoms with Crippen molar-refractivity contribution in [3.05, 3.63) is 97.6 Å². The molecule has 32 heavy (non-hydrogen) atoms. The molecular formula is C26H16N6. The minimum absolute atomic E-state index is 0.415. The zero-order chi connectivity index (χ0) is 21.9. The summed E-state index contributed by atoms with van der Waals surface area (Å²) in [6, 6.07) is 22.3. The minimum atomic E-state index is 0.415. The molecule has 0 fully saturated rings. The second-order valence-corrected chi connectivity index (χ2v) is 7.58. The van der Waals surface area contributed by atoms with Crippen molar-refractivity contribution in [1.29, 1.82) is 0 Å². The standard InChI is InChI=1S/C26H16N6/c1-3-9-20-17(7-1)18-11-12-22-23(24(18)32(20)26-29-15-6-16-30-26)19-8-2-4-10-21(19)31(22)25-27-13-5-14-28-25/h1-16H/i12D. The molecule has 0 saturated heterocycles. The molecule has 0 unspecified atom stereocenters. The van der Waals surface area contributed by atoms with E-state index in [1.54, 1.807) is 30.9 Å². The van der Waals surface area contributed by atoms with Gasteiger partial charge in [-0.25, -0.2) is 19.9 Å². The molecule has 6 nitrogen and oxygen atoms in total. The van der Waals surface area contributed by atoms with Crippen LogP contribution in [0.2, 0.25) is 0 Å². The van der Waals surface area contributed by atoms with Crippen LogP contribution < -0.4 is 0 Å². The third kappa shape index (κ3) is 2.23. The Kier molecular flexibility index (Phi) is 3.26. The van der Waals surface area contributed by atoms with Crippen LogP contribution in [0.3, 0.4) is 0 Å². The molecule has 0 amide bonds. The Morgan fingerprint density at radius 1 is 0.531 bits per heavy atom. The minimum Gasteiger partial charge on any atom is -0.278 e. The number of hydrogen-bond donors (Lipinski definition) is 0. The van der Waals surface area contributed by atoms with Gasteiger partial charge in [-0.3, -0.25) is 9.13 Å². The van der Waals surface area contributed by atoms with Gasteiger partial charge in [-0.1, -0.05) is 42.5 Å². The first-order valence-corrected chi connectivity index (χ1v) is 10.3. The van der Waals surface area contributed by atoms with Gasteiger partial charge in [-0.2, -0.15) is 0 Å². The summed E-state index contributed by atoms with van der Waals surface area (Å²) < 4.78 is 13.1. The van der Waals surface area contributed by atoms with Gasteiger partial charge in [0.15, 0.2) is 0 Å². The zero-order valence-electron chi connectivity index (χ0n) is 17.8. The van der Waals surface area contributed by atoms with E-state index in [4.69, 9.17) is 1.37 Å². The van der Waals surface area contributed by atoms with E-state index < -0.39 is 0 Å². The van der Waals surface area contributed by atoms with Crippen molar-refractivity contribution < 1.29 is 1.37 Å². The van der Waals surface area contributed by atoms with Crippen LogP contribution in [0.15, 0.2) is 97.6 Å². The molecule has 4 heterocycles. The molecule has 0 bridgehead atoms. The predicted octanol–water partition coefficient (Wildman–Crippen LogP) is 5.46. The fraction of sp³-hybridized carbons (Fsp3) is 0. The maximum Gasteiger partial charge on any atom is 0.234 e. The second-order valence-electron chi connectivity index (χ2n) is 7.58. The normalized spacial score (nSPS) is 12.2. The number of hydrogen-bond acceptors (Lipinski definition) is 4. The first-order chi connectivity index (χ1) is 16.3. The van der Waals surface area contributed by atoms with Crippen LogP contribution in [0.4, 0.5) is 0 Å². The SMILES string of the molecule is [2H]c1cc2c3ccccc3n(-c3ncccn3)c2c2c3ccccc3n(-c3ncccn3)c12. The van der Waals surface area contributed by atoms with Crippen LogP contribution in [-0.2, 0) is 0 Å². The molecule has 6 heteroatoms. The largest absolute Gasteiger partial charge is 0.278 e. The molecule has 0 atom stereocenters. The first-order valence-electron chi connectivity index (χ1n) is 10.8. The quantitative estimate of drug-likeness (QED) is 0.378. The Hall–Kier alpha value is -4.58. The lowest BCUT2D eigenvalue weighted by Gasteiger charge is -2.07. The molecular weight excluding hydrogens is 396 g/mol. The molecule has 0 aliphatic carbocycles. The van der Waals surface area contributed by atoms with E-state index in [0.717, 1.165) is 43.6 Å². The van der Waals surface area contributed by atoms with Crippen molar-refractivity contribution >= 4 is 43.6 Å². The Morgan fingerprint density at radius 2 is 1.09 bits per heavy atom. The van der Waals surface area contributed by atoms with Crippen LogP contribution in [0, 0.1) is 0 Å². The fourth-order valence-corrected chi connectivity index (χ4v) is 4.64. The molecule has 0 saturated carbocycles. The first kappa shape index (κ1) is 16.2. The van der Waals surface area contributed by atoms with Gasteiger partial charge in [0.1, 0.15) is 0 Å². The summed E-state index contributed by atoms with van der Waals surface area (Å²) in [6.07, 6.45) is 6.94. The smallest absolute Gasteiger partial charge is 0.234 e. The van der Waals surface area contributed by atoms with E-state index in [-0.39, 0.29) is 0 Å². The van der Waals surface area contributed by atoms with Crippen LogP contribution in [0.25, 0.3) is 55.5 Å². The lowest BCUT2D eigenvalue weighted by molar-refractivity contribution is 0.985. The second kappa shape index (κ2) is 6.46. The number of benzene rings is 3. The van der Waals surface area contributed by atoms with Crippen molar-refractivity contribution in [3.63, 3.8) is 0 Å². The highest BCUT2D eigenvalue weighted by molar-refractivity contribution is 6.25. The van der Waals surface area contributed by atoms with Gasteiger partial charge in [0, 0.05) is 46.3 Å². The lowest BCUT2D eigenvalue weighted by atomic mass is 10.1. The third-order valence-electron chi connectivity index (χ3n) is 5.88. The average molecular weight is 413 g/mol. The van der Waals surface area contributed by atoms with Crippen LogP contribution in [-0.4, -0.2) is 29.1 Å². The van der Waals surface area contributed by atoms with Crippen molar-refractivity contribution in [3.8, 4) is 11.9 Å². The average Bonchev–Trinajstić information content (AvgIpc) is 3.39. The van der Waals surface area contributed by atoms with Gasteiger partial charge in [-0.05, 0) is 30.3 Å². The Balaban J connectivity index is 1.81.